The molecule has 0 aliphatic carbocycles. The number of anilines is 1. The number of hydrogen-bond acceptors (Lipinski definition) is 6. The molecule has 0 radical (unpaired) electrons. The quantitative estimate of drug-likeness (QED) is 0.184. The first-order chi connectivity index (χ1) is 18.1. The summed E-state index contributed by atoms with van der Waals surface area (Å²) in [6.07, 6.45) is 4.55. The Hall–Kier alpha value is -2.49. The van der Waals surface area contributed by atoms with Crippen molar-refractivity contribution in [3.05, 3.63) is 54.6 Å². The summed E-state index contributed by atoms with van der Waals surface area (Å²) in [6, 6.07) is 4.13. The third-order valence-corrected chi connectivity index (χ3v) is 8.90. The van der Waals surface area contributed by atoms with Gasteiger partial charge in [0.2, 0.25) is 5.91 Å². The van der Waals surface area contributed by atoms with Crippen LogP contribution in [0, 0.1) is 25.7 Å². The lowest BCUT2D eigenvalue weighted by Crippen LogP contribution is -2.59. The summed E-state index contributed by atoms with van der Waals surface area (Å²) < 4.78 is 12.1. The summed E-state index contributed by atoms with van der Waals surface area (Å²) in [5.74, 6) is -2.90. The first-order valence-corrected chi connectivity index (χ1v) is 14.1. The summed E-state index contributed by atoms with van der Waals surface area (Å²) in [7, 11) is 0. The second kappa shape index (κ2) is 11.3. The van der Waals surface area contributed by atoms with E-state index in [4.69, 9.17) is 9.47 Å². The lowest BCUT2D eigenvalue weighted by atomic mass is 9.70. The third-order valence-electron chi connectivity index (χ3n) is 8.06. The highest BCUT2D eigenvalue weighted by molar-refractivity contribution is 9.09. The van der Waals surface area contributed by atoms with Crippen LogP contribution in [0.15, 0.2) is 43.5 Å². The van der Waals surface area contributed by atoms with Gasteiger partial charge in [0, 0.05) is 17.1 Å². The molecule has 0 saturated carbocycles. The van der Waals surface area contributed by atoms with Crippen molar-refractivity contribution in [3.63, 3.8) is 0 Å². The number of aliphatic hydroxyl groups excluding tert-OH is 1. The van der Waals surface area contributed by atoms with E-state index in [2.05, 4.69) is 29.1 Å². The highest BCUT2D eigenvalue weighted by atomic mass is 79.9. The maximum absolute atomic E-state index is 14.6. The zero-order chi connectivity index (χ0) is 27.8. The van der Waals surface area contributed by atoms with Crippen LogP contribution in [-0.4, -0.2) is 76.2 Å². The van der Waals surface area contributed by atoms with Gasteiger partial charge in [0.15, 0.2) is 0 Å². The minimum Gasteiger partial charge on any atom is -0.465 e. The molecule has 9 heteroatoms. The molecule has 3 heterocycles. The molecule has 2 bridgehead atoms. The first kappa shape index (κ1) is 28.5. The van der Waals surface area contributed by atoms with Crippen molar-refractivity contribution in [2.45, 2.75) is 68.6 Å². The number of para-hydroxylation sites is 1. The van der Waals surface area contributed by atoms with Crippen LogP contribution in [0.4, 0.5) is 5.69 Å². The molecular weight excluding hydrogens is 552 g/mol. The van der Waals surface area contributed by atoms with Gasteiger partial charge in [-0.3, -0.25) is 14.4 Å². The maximum Gasteiger partial charge on any atom is 0.312 e. The number of aliphatic hydroxyl groups is 1. The van der Waals surface area contributed by atoms with E-state index in [1.807, 2.05) is 32.0 Å². The number of ether oxygens (including phenoxy) is 2. The SMILES string of the molecule is C=CCCCOC(=O)[C@H]1[C@@H]2OC3(CC2Br)C(C(=O)N(CC=C)c2c(C)cccc2C)N([C@H](C)CO)C(=O)[C@H]13. The van der Waals surface area contributed by atoms with Crippen molar-refractivity contribution in [2.24, 2.45) is 11.8 Å². The zero-order valence-electron chi connectivity index (χ0n) is 22.3. The predicted octanol–water partition coefficient (Wildman–Crippen LogP) is 3.46. The highest BCUT2D eigenvalue weighted by Gasteiger charge is 2.77. The van der Waals surface area contributed by atoms with Crippen LogP contribution in [0.5, 0.6) is 0 Å². The maximum atomic E-state index is 14.6. The lowest BCUT2D eigenvalue weighted by molar-refractivity contribution is -0.155. The van der Waals surface area contributed by atoms with E-state index in [9.17, 15) is 19.5 Å². The van der Waals surface area contributed by atoms with Gasteiger partial charge in [0.05, 0.1) is 37.2 Å². The lowest BCUT2D eigenvalue weighted by Gasteiger charge is -2.39. The number of fused-ring (bicyclic) bond motifs is 1. The van der Waals surface area contributed by atoms with E-state index in [1.54, 1.807) is 24.0 Å². The molecule has 3 aliphatic rings. The fourth-order valence-electron chi connectivity index (χ4n) is 6.47. The van der Waals surface area contributed by atoms with Crippen molar-refractivity contribution in [1.82, 2.24) is 4.90 Å². The first-order valence-electron chi connectivity index (χ1n) is 13.2. The molecule has 2 amide bonds. The van der Waals surface area contributed by atoms with Gasteiger partial charge in [0.25, 0.3) is 5.91 Å². The Morgan fingerprint density at radius 3 is 2.61 bits per heavy atom. The topological polar surface area (TPSA) is 96.4 Å². The Balaban J connectivity index is 1.78. The fourth-order valence-corrected chi connectivity index (χ4v) is 7.42. The average Bonchev–Trinajstić information content (AvgIpc) is 3.48. The second-order valence-electron chi connectivity index (χ2n) is 10.5. The average molecular weight is 590 g/mol. The number of alkyl halides is 1. The Kier molecular flexibility index (Phi) is 8.49. The van der Waals surface area contributed by atoms with Crippen molar-refractivity contribution in [1.29, 1.82) is 0 Å². The van der Waals surface area contributed by atoms with Gasteiger partial charge in [-0.15, -0.1) is 13.2 Å². The van der Waals surface area contributed by atoms with Gasteiger partial charge >= 0.3 is 5.97 Å². The fraction of sp³-hybridized carbons (Fsp3) is 0.552. The Bertz CT molecular complexity index is 1100. The van der Waals surface area contributed by atoms with Crippen LogP contribution in [0.2, 0.25) is 0 Å². The van der Waals surface area contributed by atoms with Gasteiger partial charge in [-0.05, 0) is 51.2 Å². The number of unbranched alkanes of at least 4 members (excludes halogenated alkanes) is 1. The normalized spacial score (nSPS) is 30.2. The van der Waals surface area contributed by atoms with Crippen LogP contribution < -0.4 is 4.90 Å². The minimum absolute atomic E-state index is 0.216. The van der Waals surface area contributed by atoms with E-state index in [1.165, 1.54) is 4.90 Å². The zero-order valence-corrected chi connectivity index (χ0v) is 23.9. The van der Waals surface area contributed by atoms with E-state index in [0.29, 0.717) is 19.3 Å². The number of carbonyl (C=O) groups excluding carboxylic acids is 3. The number of allylic oxidation sites excluding steroid dienone is 1. The number of carbonyl (C=O) groups is 3. The molecule has 1 aromatic rings. The molecular formula is C29H37BrN2O6. The largest absolute Gasteiger partial charge is 0.465 e. The molecule has 1 spiro atoms. The number of likely N-dealkylation sites (tertiary alicyclic amines) is 1. The van der Waals surface area contributed by atoms with Gasteiger partial charge in [-0.1, -0.05) is 46.3 Å². The Morgan fingerprint density at radius 2 is 2.00 bits per heavy atom. The van der Waals surface area contributed by atoms with Crippen LogP contribution in [0.25, 0.3) is 0 Å². The number of esters is 1. The molecule has 206 valence electrons. The van der Waals surface area contributed by atoms with Crippen molar-refractivity contribution in [3.8, 4) is 0 Å². The Morgan fingerprint density at radius 1 is 1.32 bits per heavy atom. The second-order valence-corrected chi connectivity index (χ2v) is 11.7. The molecule has 3 saturated heterocycles. The van der Waals surface area contributed by atoms with Gasteiger partial charge in [-0.25, -0.2) is 0 Å². The minimum atomic E-state index is -1.22. The van der Waals surface area contributed by atoms with Crippen molar-refractivity contribution >= 4 is 39.4 Å². The molecule has 3 aliphatic heterocycles. The Labute approximate surface area is 232 Å². The molecule has 0 aromatic heterocycles. The summed E-state index contributed by atoms with van der Waals surface area (Å²) in [4.78, 5) is 44.8. The number of amides is 2. The van der Waals surface area contributed by atoms with Crippen LogP contribution in [0.3, 0.4) is 0 Å². The van der Waals surface area contributed by atoms with Crippen molar-refractivity contribution in [2.75, 3.05) is 24.7 Å². The van der Waals surface area contributed by atoms with Crippen LogP contribution in [0.1, 0.15) is 37.3 Å². The smallest absolute Gasteiger partial charge is 0.312 e. The predicted molar refractivity (Wildman–Crippen MR) is 148 cm³/mol. The van der Waals surface area contributed by atoms with Gasteiger partial charge in [-0.2, -0.15) is 0 Å². The molecule has 8 nitrogen and oxygen atoms in total. The number of rotatable bonds is 11. The van der Waals surface area contributed by atoms with Crippen LogP contribution >= 0.6 is 15.9 Å². The molecule has 38 heavy (non-hydrogen) atoms. The number of halogens is 1. The standard InChI is InChI=1S/C29H37BrN2O6/c1-6-8-9-14-37-28(36)21-22-26(34)32(19(5)16-33)25(29(22)15-20(30)24(21)38-29)27(35)31(13-7-2)23-17(3)11-10-12-18(23)4/h6-7,10-12,19-22,24-25,33H,1-2,8-9,13-16H2,3-5H3/t19-,20?,21-,22+,24-,25?,29?/m1/s1. The van der Waals surface area contributed by atoms with E-state index >= 15 is 0 Å². The molecule has 1 N–H and O–H groups in total. The molecule has 4 rings (SSSR count). The van der Waals surface area contributed by atoms with Gasteiger partial charge < -0.3 is 24.4 Å². The van der Waals surface area contributed by atoms with Crippen molar-refractivity contribution < 1.29 is 29.0 Å². The van der Waals surface area contributed by atoms with Crippen LogP contribution in [-0.2, 0) is 23.9 Å². The number of benzene rings is 1. The molecule has 3 fully saturated rings. The summed E-state index contributed by atoms with van der Waals surface area (Å²) in [5.41, 5.74) is 1.35. The number of aryl methyl sites for hydroxylation is 2. The summed E-state index contributed by atoms with van der Waals surface area (Å²) in [5, 5.41) is 10.1. The number of hydrogen-bond donors (Lipinski definition) is 1. The number of nitrogens with zero attached hydrogens (tertiary/aromatic N) is 2. The molecule has 1 aromatic carbocycles. The highest BCUT2D eigenvalue weighted by Crippen LogP contribution is 2.60. The monoisotopic (exact) mass is 588 g/mol. The van der Waals surface area contributed by atoms with Gasteiger partial charge in [0.1, 0.15) is 11.6 Å². The van der Waals surface area contributed by atoms with E-state index < -0.39 is 41.6 Å². The molecule has 7 atom stereocenters. The van der Waals surface area contributed by atoms with E-state index in [0.717, 1.165) is 16.8 Å². The summed E-state index contributed by atoms with van der Waals surface area (Å²) in [6.45, 7) is 13.2. The third kappa shape index (κ3) is 4.52. The summed E-state index contributed by atoms with van der Waals surface area (Å²) >= 11 is 3.67. The molecule has 3 unspecified atom stereocenters. The van der Waals surface area contributed by atoms with E-state index in [-0.39, 0.29) is 36.4 Å².